The summed E-state index contributed by atoms with van der Waals surface area (Å²) in [6.07, 6.45) is 8.60. The van der Waals surface area contributed by atoms with Gasteiger partial charge in [-0.2, -0.15) is 0 Å². The smallest absolute Gasteiger partial charge is 0.227 e. The van der Waals surface area contributed by atoms with Gasteiger partial charge < -0.3 is 15.6 Å². The lowest BCUT2D eigenvalue weighted by Gasteiger charge is -2.25. The van der Waals surface area contributed by atoms with E-state index < -0.39 is 0 Å². The minimum atomic E-state index is 0.0446. The monoisotopic (exact) mass is 326 g/mol. The number of imidazole rings is 1. The van der Waals surface area contributed by atoms with E-state index in [0.29, 0.717) is 0 Å². The number of aromatic nitrogens is 2. The quantitative estimate of drug-likeness (QED) is 0.890. The summed E-state index contributed by atoms with van der Waals surface area (Å²) in [5.74, 6) is 1.33. The van der Waals surface area contributed by atoms with Gasteiger partial charge in [-0.3, -0.25) is 4.79 Å². The number of hydrogen-bond acceptors (Lipinski definition) is 3. The first-order chi connectivity index (χ1) is 11.7. The van der Waals surface area contributed by atoms with Gasteiger partial charge in [0, 0.05) is 30.6 Å². The van der Waals surface area contributed by atoms with Crippen molar-refractivity contribution >= 4 is 22.6 Å². The molecule has 2 aromatic rings. The number of fused-ring (bicyclic) bond motifs is 3. The summed E-state index contributed by atoms with van der Waals surface area (Å²) < 4.78 is 2.34. The zero-order valence-corrected chi connectivity index (χ0v) is 14.1. The summed E-state index contributed by atoms with van der Waals surface area (Å²) in [6, 6.07) is 6.28. The van der Waals surface area contributed by atoms with Crippen LogP contribution < -0.4 is 11.1 Å². The highest BCUT2D eigenvalue weighted by molar-refractivity contribution is 5.94. The molecular formula is C19H26N4O. The van der Waals surface area contributed by atoms with Crippen LogP contribution in [0.2, 0.25) is 0 Å². The molecule has 2 heterocycles. The second-order valence-electron chi connectivity index (χ2n) is 7.31. The number of rotatable bonds is 2. The van der Waals surface area contributed by atoms with E-state index in [-0.39, 0.29) is 17.9 Å². The Kier molecular flexibility index (Phi) is 4.27. The molecule has 2 aliphatic rings. The topological polar surface area (TPSA) is 72.9 Å². The molecule has 3 N–H and O–H groups in total. The van der Waals surface area contributed by atoms with Gasteiger partial charge in [-0.15, -0.1) is 0 Å². The minimum Gasteiger partial charge on any atom is -0.328 e. The van der Waals surface area contributed by atoms with Gasteiger partial charge in [0.05, 0.1) is 11.0 Å². The van der Waals surface area contributed by atoms with Crippen molar-refractivity contribution < 1.29 is 4.79 Å². The highest BCUT2D eigenvalue weighted by Gasteiger charge is 2.25. The average molecular weight is 326 g/mol. The van der Waals surface area contributed by atoms with Crippen molar-refractivity contribution in [3.8, 4) is 0 Å². The fourth-order valence-corrected chi connectivity index (χ4v) is 4.14. The molecule has 4 rings (SSSR count). The summed E-state index contributed by atoms with van der Waals surface area (Å²) in [5, 5.41) is 3.07. The third-order valence-electron chi connectivity index (χ3n) is 5.46. The third kappa shape index (κ3) is 3.05. The number of nitrogens with zero attached hydrogens (tertiary/aromatic N) is 2. The van der Waals surface area contributed by atoms with E-state index in [9.17, 15) is 4.79 Å². The Labute approximate surface area is 142 Å². The van der Waals surface area contributed by atoms with Crippen LogP contribution in [0, 0.1) is 5.92 Å². The predicted molar refractivity (Wildman–Crippen MR) is 95.9 cm³/mol. The Bertz CT molecular complexity index is 751. The Morgan fingerprint density at radius 2 is 2.12 bits per heavy atom. The summed E-state index contributed by atoms with van der Waals surface area (Å²) in [7, 11) is 0. The normalized spacial score (nSPS) is 24.4. The third-order valence-corrected chi connectivity index (χ3v) is 5.46. The first-order valence-electron chi connectivity index (χ1n) is 9.26. The molecule has 128 valence electrons. The standard InChI is InChI=1S/C19H26N4O/c20-14-6-4-5-13(11-14)19(24)21-15-8-9-17-16(12-15)22-18-7-2-1-3-10-23(17)18/h8-9,12-14H,1-7,10-11,20H2,(H,21,24). The van der Waals surface area contributed by atoms with Crippen LogP contribution in [0.5, 0.6) is 0 Å². The van der Waals surface area contributed by atoms with Crippen molar-refractivity contribution in [3.63, 3.8) is 0 Å². The average Bonchev–Trinajstić information content (AvgIpc) is 2.75. The minimum absolute atomic E-state index is 0.0446. The summed E-state index contributed by atoms with van der Waals surface area (Å²) in [6.45, 7) is 1.05. The van der Waals surface area contributed by atoms with Crippen LogP contribution in [-0.2, 0) is 17.8 Å². The molecule has 1 amide bonds. The molecule has 1 aliphatic carbocycles. The highest BCUT2D eigenvalue weighted by atomic mass is 16.1. The van der Waals surface area contributed by atoms with E-state index in [1.807, 2.05) is 12.1 Å². The second-order valence-corrected chi connectivity index (χ2v) is 7.31. The molecule has 1 aromatic heterocycles. The predicted octanol–water partition coefficient (Wildman–Crippen LogP) is 3.22. The van der Waals surface area contributed by atoms with Crippen molar-refractivity contribution in [2.45, 2.75) is 64.0 Å². The first-order valence-corrected chi connectivity index (χ1v) is 9.26. The van der Waals surface area contributed by atoms with Gasteiger partial charge in [-0.1, -0.05) is 12.8 Å². The number of nitrogens with two attached hydrogens (primary N) is 1. The van der Waals surface area contributed by atoms with Gasteiger partial charge in [-0.25, -0.2) is 4.98 Å². The summed E-state index contributed by atoms with van der Waals surface area (Å²) >= 11 is 0. The maximum atomic E-state index is 12.5. The number of carbonyl (C=O) groups is 1. The van der Waals surface area contributed by atoms with E-state index in [4.69, 9.17) is 10.7 Å². The molecule has 1 saturated carbocycles. The zero-order valence-electron chi connectivity index (χ0n) is 14.1. The number of carbonyl (C=O) groups excluding carboxylic acids is 1. The molecule has 0 bridgehead atoms. The van der Waals surface area contributed by atoms with Crippen LogP contribution in [0.25, 0.3) is 11.0 Å². The fraction of sp³-hybridized carbons (Fsp3) is 0.579. The van der Waals surface area contributed by atoms with Gasteiger partial charge in [0.25, 0.3) is 0 Å². The van der Waals surface area contributed by atoms with Crippen LogP contribution in [-0.4, -0.2) is 21.5 Å². The second kappa shape index (κ2) is 6.55. The van der Waals surface area contributed by atoms with Gasteiger partial charge in [-0.05, 0) is 50.3 Å². The van der Waals surface area contributed by atoms with Crippen LogP contribution in [0.1, 0.15) is 50.8 Å². The van der Waals surface area contributed by atoms with Crippen molar-refractivity contribution in [3.05, 3.63) is 24.0 Å². The van der Waals surface area contributed by atoms with E-state index in [0.717, 1.165) is 49.9 Å². The van der Waals surface area contributed by atoms with E-state index >= 15 is 0 Å². The Morgan fingerprint density at radius 3 is 3.00 bits per heavy atom. The Morgan fingerprint density at radius 1 is 1.21 bits per heavy atom. The van der Waals surface area contributed by atoms with Crippen molar-refractivity contribution in [1.82, 2.24) is 9.55 Å². The number of nitrogens with one attached hydrogen (secondary N) is 1. The SMILES string of the molecule is NC1CCCC(C(=O)Nc2ccc3c(c2)nc2n3CCCCC2)C1. The van der Waals surface area contributed by atoms with Crippen LogP contribution in [0.3, 0.4) is 0 Å². The maximum Gasteiger partial charge on any atom is 0.227 e. The summed E-state index contributed by atoms with van der Waals surface area (Å²) in [5.41, 5.74) is 9.03. The molecule has 0 radical (unpaired) electrons. The molecule has 24 heavy (non-hydrogen) atoms. The number of anilines is 1. The van der Waals surface area contributed by atoms with E-state index in [1.54, 1.807) is 0 Å². The van der Waals surface area contributed by atoms with Crippen molar-refractivity contribution in [2.75, 3.05) is 5.32 Å². The van der Waals surface area contributed by atoms with Gasteiger partial charge in [0.2, 0.25) is 5.91 Å². The Balaban J connectivity index is 1.54. The number of benzene rings is 1. The Hall–Kier alpha value is -1.88. The molecule has 5 nitrogen and oxygen atoms in total. The number of amides is 1. The molecule has 2 unspecified atom stereocenters. The van der Waals surface area contributed by atoms with Gasteiger partial charge in [0.1, 0.15) is 5.82 Å². The lowest BCUT2D eigenvalue weighted by atomic mass is 9.85. The molecule has 1 fully saturated rings. The van der Waals surface area contributed by atoms with E-state index in [1.165, 1.54) is 30.6 Å². The summed E-state index contributed by atoms with van der Waals surface area (Å²) in [4.78, 5) is 17.3. The fourth-order valence-electron chi connectivity index (χ4n) is 4.14. The maximum absolute atomic E-state index is 12.5. The largest absolute Gasteiger partial charge is 0.328 e. The lowest BCUT2D eigenvalue weighted by Crippen LogP contribution is -2.34. The molecule has 1 aromatic carbocycles. The zero-order chi connectivity index (χ0) is 16.5. The number of hydrogen-bond donors (Lipinski definition) is 2. The molecule has 1 aliphatic heterocycles. The van der Waals surface area contributed by atoms with Crippen LogP contribution >= 0.6 is 0 Å². The molecular weight excluding hydrogens is 300 g/mol. The van der Waals surface area contributed by atoms with Gasteiger partial charge >= 0.3 is 0 Å². The van der Waals surface area contributed by atoms with Crippen LogP contribution in [0.15, 0.2) is 18.2 Å². The first kappa shape index (κ1) is 15.6. The van der Waals surface area contributed by atoms with Gasteiger partial charge in [0.15, 0.2) is 0 Å². The number of aryl methyl sites for hydroxylation is 2. The molecule has 0 saturated heterocycles. The van der Waals surface area contributed by atoms with Crippen molar-refractivity contribution in [2.24, 2.45) is 11.7 Å². The molecule has 0 spiro atoms. The lowest BCUT2D eigenvalue weighted by molar-refractivity contribution is -0.120. The van der Waals surface area contributed by atoms with Crippen molar-refractivity contribution in [1.29, 1.82) is 0 Å². The molecule has 2 atom stereocenters. The highest BCUT2D eigenvalue weighted by Crippen LogP contribution is 2.27. The van der Waals surface area contributed by atoms with Crippen LogP contribution in [0.4, 0.5) is 5.69 Å². The molecule has 5 heteroatoms. The van der Waals surface area contributed by atoms with E-state index in [2.05, 4.69) is 16.0 Å².